The van der Waals surface area contributed by atoms with E-state index in [1.165, 1.54) is 9.80 Å². The lowest BCUT2D eigenvalue weighted by Crippen LogP contribution is -2.47. The lowest BCUT2D eigenvalue weighted by molar-refractivity contribution is -0.132. The monoisotopic (exact) mass is 418 g/mol. The first-order valence-corrected chi connectivity index (χ1v) is 9.56. The summed E-state index contributed by atoms with van der Waals surface area (Å²) in [5, 5.41) is 6.14. The molecule has 154 valence electrons. The Morgan fingerprint density at radius 3 is 2.76 bits per heavy atom. The third-order valence-electron chi connectivity index (χ3n) is 4.77. The van der Waals surface area contributed by atoms with Crippen molar-refractivity contribution in [3.8, 4) is 0 Å². The second-order valence-corrected chi connectivity index (χ2v) is 7.13. The molecule has 8 nitrogen and oxygen atoms in total. The molecule has 0 radical (unpaired) electrons. The van der Waals surface area contributed by atoms with Gasteiger partial charge < -0.3 is 20.3 Å². The van der Waals surface area contributed by atoms with Crippen LogP contribution in [0.4, 0.5) is 4.79 Å². The maximum Gasteiger partial charge on any atom is 0.322 e. The predicted octanol–water partition coefficient (Wildman–Crippen LogP) is 1.45. The summed E-state index contributed by atoms with van der Waals surface area (Å²) in [5.41, 5.74) is 1.79. The van der Waals surface area contributed by atoms with Crippen LogP contribution in [0.15, 0.2) is 48.2 Å². The summed E-state index contributed by atoms with van der Waals surface area (Å²) >= 11 is 5.97. The molecule has 29 heavy (non-hydrogen) atoms. The van der Waals surface area contributed by atoms with Crippen LogP contribution in [0.3, 0.4) is 0 Å². The fraction of sp³-hybridized carbons (Fsp3) is 0.350. The van der Waals surface area contributed by atoms with Crippen LogP contribution in [-0.4, -0.2) is 67.5 Å². The molecule has 9 heteroatoms. The Kier molecular flexibility index (Phi) is 6.56. The van der Waals surface area contributed by atoms with Crippen LogP contribution < -0.4 is 10.6 Å². The number of carbonyl (C=O) groups excluding carboxylic acids is 3. The quantitative estimate of drug-likeness (QED) is 0.494. The Labute approximate surface area is 174 Å². The van der Waals surface area contributed by atoms with Crippen molar-refractivity contribution in [1.29, 1.82) is 0 Å². The summed E-state index contributed by atoms with van der Waals surface area (Å²) in [6, 6.07) is 6.04. The predicted molar refractivity (Wildman–Crippen MR) is 108 cm³/mol. The topological polar surface area (TPSA) is 91.0 Å². The molecule has 1 aromatic carbocycles. The van der Waals surface area contributed by atoms with Gasteiger partial charge in [-0.25, -0.2) is 4.79 Å². The van der Waals surface area contributed by atoms with E-state index in [-0.39, 0.29) is 37.5 Å². The van der Waals surface area contributed by atoms with Gasteiger partial charge in [0.05, 0.1) is 30.5 Å². The zero-order chi connectivity index (χ0) is 21.0. The van der Waals surface area contributed by atoms with E-state index >= 15 is 0 Å². The van der Waals surface area contributed by atoms with Gasteiger partial charge in [0.2, 0.25) is 5.91 Å². The van der Waals surface area contributed by atoms with E-state index in [0.29, 0.717) is 29.4 Å². The van der Waals surface area contributed by atoms with Crippen LogP contribution in [0.2, 0.25) is 5.02 Å². The van der Waals surface area contributed by atoms with E-state index in [2.05, 4.69) is 17.2 Å². The van der Waals surface area contributed by atoms with Crippen LogP contribution in [0, 0.1) is 0 Å². The van der Waals surface area contributed by atoms with Crippen LogP contribution in [0.25, 0.3) is 0 Å². The van der Waals surface area contributed by atoms with Crippen molar-refractivity contribution < 1.29 is 19.1 Å². The lowest BCUT2D eigenvalue weighted by atomic mass is 9.95. The molecule has 1 atom stereocenters. The second kappa shape index (κ2) is 9.11. The first kappa shape index (κ1) is 20.9. The number of hydrogen-bond acceptors (Lipinski definition) is 4. The molecule has 2 aliphatic rings. The number of rotatable bonds is 8. The highest BCUT2D eigenvalue weighted by atomic mass is 35.5. The molecule has 0 bridgehead atoms. The fourth-order valence-electron chi connectivity index (χ4n) is 3.43. The maximum absolute atomic E-state index is 13.1. The number of urea groups is 1. The average Bonchev–Trinajstić information content (AvgIpc) is 3.01. The van der Waals surface area contributed by atoms with Crippen LogP contribution >= 0.6 is 11.6 Å². The summed E-state index contributed by atoms with van der Waals surface area (Å²) in [6.07, 6.45) is 1.59. The van der Waals surface area contributed by atoms with Gasteiger partial charge in [0.15, 0.2) is 0 Å². The third kappa shape index (κ3) is 4.44. The van der Waals surface area contributed by atoms with E-state index in [1.54, 1.807) is 37.5 Å². The standard InChI is InChI=1S/C20H23ClN4O4/c1-3-9-25-15-11-24(12-16(26)22-8-10-29-2)19(27)17(15)18(23-20(25)28)13-4-6-14(21)7-5-13/h3-7,18H,1,8-12H2,2H3,(H,22,26)(H,23,28)/t18-/m0/s1. The first-order chi connectivity index (χ1) is 14.0. The molecule has 0 saturated carbocycles. The van der Waals surface area contributed by atoms with Crippen LogP contribution in [-0.2, 0) is 14.3 Å². The molecule has 0 aromatic heterocycles. The van der Waals surface area contributed by atoms with Gasteiger partial charge >= 0.3 is 6.03 Å². The summed E-state index contributed by atoms with van der Waals surface area (Å²) in [7, 11) is 1.54. The molecular weight excluding hydrogens is 396 g/mol. The Morgan fingerprint density at radius 2 is 2.10 bits per heavy atom. The Morgan fingerprint density at radius 1 is 1.38 bits per heavy atom. The molecule has 0 spiro atoms. The highest BCUT2D eigenvalue weighted by Crippen LogP contribution is 2.36. The number of nitrogens with zero attached hydrogens (tertiary/aromatic N) is 2. The summed E-state index contributed by atoms with van der Waals surface area (Å²) < 4.78 is 4.91. The number of halogens is 1. The number of hydrogen-bond donors (Lipinski definition) is 2. The summed E-state index contributed by atoms with van der Waals surface area (Å²) in [4.78, 5) is 40.9. The van der Waals surface area contributed by atoms with E-state index in [4.69, 9.17) is 16.3 Å². The van der Waals surface area contributed by atoms with Crippen molar-refractivity contribution in [3.63, 3.8) is 0 Å². The maximum atomic E-state index is 13.1. The van der Waals surface area contributed by atoms with Crippen molar-refractivity contribution in [2.75, 3.05) is 39.9 Å². The van der Waals surface area contributed by atoms with Gasteiger partial charge in [-0.05, 0) is 17.7 Å². The average molecular weight is 419 g/mol. The molecule has 2 heterocycles. The highest BCUT2D eigenvalue weighted by Gasteiger charge is 2.44. The van der Waals surface area contributed by atoms with Gasteiger partial charge in [-0.2, -0.15) is 0 Å². The van der Waals surface area contributed by atoms with E-state index in [1.807, 2.05) is 0 Å². The Hall–Kier alpha value is -2.84. The molecule has 0 saturated heterocycles. The largest absolute Gasteiger partial charge is 0.383 e. The minimum Gasteiger partial charge on any atom is -0.383 e. The molecular formula is C20H23ClN4O4. The van der Waals surface area contributed by atoms with Crippen molar-refractivity contribution in [2.45, 2.75) is 6.04 Å². The number of ether oxygens (including phenoxy) is 1. The Bertz CT molecular complexity index is 853. The second-order valence-electron chi connectivity index (χ2n) is 6.70. The highest BCUT2D eigenvalue weighted by molar-refractivity contribution is 6.30. The van der Waals surface area contributed by atoms with Crippen molar-refractivity contribution in [2.24, 2.45) is 0 Å². The fourth-order valence-corrected chi connectivity index (χ4v) is 3.55. The molecule has 3 rings (SSSR count). The molecule has 0 aliphatic carbocycles. The van der Waals surface area contributed by atoms with Gasteiger partial charge in [0, 0.05) is 25.2 Å². The first-order valence-electron chi connectivity index (χ1n) is 9.18. The number of carbonyl (C=O) groups is 3. The zero-order valence-corrected chi connectivity index (χ0v) is 16.9. The van der Waals surface area contributed by atoms with E-state index in [9.17, 15) is 14.4 Å². The van der Waals surface area contributed by atoms with Gasteiger partial charge in [-0.3, -0.25) is 14.5 Å². The lowest BCUT2D eigenvalue weighted by Gasteiger charge is -2.33. The number of methoxy groups -OCH3 is 1. The molecule has 1 aromatic rings. The van der Waals surface area contributed by atoms with Gasteiger partial charge in [0.1, 0.15) is 6.54 Å². The number of nitrogens with one attached hydrogen (secondary N) is 2. The van der Waals surface area contributed by atoms with Crippen molar-refractivity contribution in [1.82, 2.24) is 20.4 Å². The van der Waals surface area contributed by atoms with Gasteiger partial charge in [0.25, 0.3) is 5.91 Å². The normalized spacial score (nSPS) is 18.6. The van der Waals surface area contributed by atoms with Crippen LogP contribution in [0.1, 0.15) is 11.6 Å². The number of amides is 4. The molecule has 4 amide bonds. The van der Waals surface area contributed by atoms with Gasteiger partial charge in [-0.1, -0.05) is 29.8 Å². The molecule has 0 unspecified atom stereocenters. The van der Waals surface area contributed by atoms with Crippen molar-refractivity contribution in [3.05, 3.63) is 58.8 Å². The molecule has 2 aliphatic heterocycles. The molecule has 0 fully saturated rings. The van der Waals surface area contributed by atoms with Gasteiger partial charge in [-0.15, -0.1) is 6.58 Å². The molecule has 2 N–H and O–H groups in total. The van der Waals surface area contributed by atoms with E-state index in [0.717, 1.165) is 5.56 Å². The smallest absolute Gasteiger partial charge is 0.322 e. The summed E-state index contributed by atoms with van der Waals surface area (Å²) in [5.74, 6) is -0.566. The SMILES string of the molecule is C=CCN1C(=O)N[C@@H](c2ccc(Cl)cc2)C2=C1CN(CC(=O)NCCOC)C2=O. The Balaban J connectivity index is 1.86. The van der Waals surface area contributed by atoms with Crippen LogP contribution in [0.5, 0.6) is 0 Å². The minimum absolute atomic E-state index is 0.0982. The minimum atomic E-state index is -0.607. The number of benzene rings is 1. The van der Waals surface area contributed by atoms with Crippen molar-refractivity contribution >= 4 is 29.4 Å². The van der Waals surface area contributed by atoms with E-state index < -0.39 is 6.04 Å². The zero-order valence-electron chi connectivity index (χ0n) is 16.1. The summed E-state index contributed by atoms with van der Waals surface area (Å²) in [6.45, 7) is 4.78. The third-order valence-corrected chi connectivity index (χ3v) is 5.03.